The normalized spacial score (nSPS) is 18.7. The summed E-state index contributed by atoms with van der Waals surface area (Å²) >= 11 is 0. The molecular weight excluding hydrogens is 217 g/mol. The van der Waals surface area contributed by atoms with Crippen molar-refractivity contribution < 1.29 is 4.39 Å². The number of aryl methyl sites for hydroxylation is 1. The highest BCUT2D eigenvalue weighted by molar-refractivity contribution is 5.32. The van der Waals surface area contributed by atoms with Crippen molar-refractivity contribution in [2.24, 2.45) is 0 Å². The highest BCUT2D eigenvalue weighted by Crippen LogP contribution is 2.29. The topological polar surface area (TPSA) is 51.8 Å². The van der Waals surface area contributed by atoms with Crippen LogP contribution in [0.1, 0.15) is 62.4 Å². The summed E-state index contributed by atoms with van der Waals surface area (Å²) in [4.78, 5) is 8.38. The van der Waals surface area contributed by atoms with E-state index >= 15 is 0 Å². The first kappa shape index (κ1) is 12.3. The van der Waals surface area contributed by atoms with Gasteiger partial charge < -0.3 is 5.73 Å². The number of rotatable bonds is 1. The van der Waals surface area contributed by atoms with E-state index < -0.39 is 5.82 Å². The average molecular weight is 237 g/mol. The lowest BCUT2D eigenvalue weighted by molar-refractivity contribution is 0.440. The molecule has 0 radical (unpaired) electrons. The summed E-state index contributed by atoms with van der Waals surface area (Å²) in [5.74, 6) is 0.620. The summed E-state index contributed by atoms with van der Waals surface area (Å²) in [5, 5.41) is 0. The molecule has 4 heteroatoms. The summed E-state index contributed by atoms with van der Waals surface area (Å²) in [7, 11) is 0. The Labute approximate surface area is 102 Å². The minimum atomic E-state index is -0.473. The maximum Gasteiger partial charge on any atom is 0.186 e. The molecule has 0 saturated heterocycles. The van der Waals surface area contributed by atoms with Crippen LogP contribution < -0.4 is 5.73 Å². The lowest BCUT2D eigenvalue weighted by atomic mass is 9.90. The largest absolute Gasteiger partial charge is 0.381 e. The van der Waals surface area contributed by atoms with Gasteiger partial charge in [-0.3, -0.25) is 0 Å². The fourth-order valence-electron chi connectivity index (χ4n) is 2.50. The molecule has 0 spiro atoms. The Balaban J connectivity index is 2.19. The third-order valence-electron chi connectivity index (χ3n) is 3.53. The van der Waals surface area contributed by atoms with Crippen LogP contribution in [0.2, 0.25) is 0 Å². The number of anilines is 1. The van der Waals surface area contributed by atoms with Gasteiger partial charge in [-0.25, -0.2) is 14.4 Å². The van der Waals surface area contributed by atoms with Crippen LogP contribution in [0.25, 0.3) is 0 Å². The van der Waals surface area contributed by atoms with E-state index in [1.54, 1.807) is 6.92 Å². The summed E-state index contributed by atoms with van der Waals surface area (Å²) in [6, 6.07) is 0. The predicted octanol–water partition coefficient (Wildman–Crippen LogP) is 3.33. The molecule has 17 heavy (non-hydrogen) atoms. The molecular formula is C13H20FN3. The van der Waals surface area contributed by atoms with Gasteiger partial charge in [-0.15, -0.1) is 0 Å². The molecule has 1 saturated carbocycles. The molecule has 1 aliphatic carbocycles. The summed E-state index contributed by atoms with van der Waals surface area (Å²) < 4.78 is 13.4. The van der Waals surface area contributed by atoms with E-state index in [4.69, 9.17) is 5.73 Å². The zero-order valence-electron chi connectivity index (χ0n) is 10.4. The second-order valence-electron chi connectivity index (χ2n) is 4.91. The van der Waals surface area contributed by atoms with Gasteiger partial charge in [-0.05, 0) is 19.8 Å². The first-order valence-corrected chi connectivity index (χ1v) is 6.48. The molecule has 2 N–H and O–H groups in total. The summed E-state index contributed by atoms with van der Waals surface area (Å²) in [5.41, 5.74) is 5.94. The maximum atomic E-state index is 13.4. The monoisotopic (exact) mass is 237 g/mol. The second-order valence-corrected chi connectivity index (χ2v) is 4.91. The molecule has 0 unspecified atom stereocenters. The summed E-state index contributed by atoms with van der Waals surface area (Å²) in [6.07, 6.45) is 8.53. The third kappa shape index (κ3) is 2.93. The molecule has 1 aromatic heterocycles. The van der Waals surface area contributed by atoms with Crippen molar-refractivity contribution in [1.82, 2.24) is 9.97 Å². The van der Waals surface area contributed by atoms with Crippen LogP contribution in [0.4, 0.5) is 10.2 Å². The number of nitrogens with two attached hydrogens (primary N) is 1. The SMILES string of the molecule is Cc1nc(C2CCCCCCC2)nc(N)c1F. The van der Waals surface area contributed by atoms with Crippen LogP contribution in [0, 0.1) is 12.7 Å². The Morgan fingerprint density at radius 1 is 1.06 bits per heavy atom. The smallest absolute Gasteiger partial charge is 0.186 e. The van der Waals surface area contributed by atoms with E-state index in [0.717, 1.165) is 18.7 Å². The van der Waals surface area contributed by atoms with Crippen LogP contribution in [0.15, 0.2) is 0 Å². The van der Waals surface area contributed by atoms with E-state index in [9.17, 15) is 4.39 Å². The number of aromatic nitrogens is 2. The van der Waals surface area contributed by atoms with E-state index in [1.807, 2.05) is 0 Å². The van der Waals surface area contributed by atoms with E-state index in [1.165, 1.54) is 32.1 Å². The molecule has 1 fully saturated rings. The van der Waals surface area contributed by atoms with Gasteiger partial charge in [0.2, 0.25) is 0 Å². The Morgan fingerprint density at radius 2 is 1.65 bits per heavy atom. The molecule has 0 amide bonds. The number of hydrogen-bond donors (Lipinski definition) is 1. The van der Waals surface area contributed by atoms with Crippen molar-refractivity contribution in [3.63, 3.8) is 0 Å². The van der Waals surface area contributed by atoms with E-state index in [-0.39, 0.29) is 5.82 Å². The van der Waals surface area contributed by atoms with Gasteiger partial charge >= 0.3 is 0 Å². The van der Waals surface area contributed by atoms with Gasteiger partial charge in [-0.1, -0.05) is 32.1 Å². The number of nitrogen functional groups attached to an aromatic ring is 1. The maximum absolute atomic E-state index is 13.4. The van der Waals surface area contributed by atoms with Crippen molar-refractivity contribution in [3.05, 3.63) is 17.3 Å². The standard InChI is InChI=1S/C13H20FN3/c1-9-11(14)12(15)17-13(16-9)10-7-5-3-2-4-6-8-10/h10H,2-8H2,1H3,(H2,15,16,17). The molecule has 0 bridgehead atoms. The zero-order chi connectivity index (χ0) is 12.3. The quantitative estimate of drug-likeness (QED) is 0.815. The van der Waals surface area contributed by atoms with Gasteiger partial charge in [0.05, 0.1) is 5.69 Å². The Hall–Kier alpha value is -1.19. The van der Waals surface area contributed by atoms with E-state index in [2.05, 4.69) is 9.97 Å². The molecule has 3 nitrogen and oxygen atoms in total. The fraction of sp³-hybridized carbons (Fsp3) is 0.692. The van der Waals surface area contributed by atoms with Gasteiger partial charge in [0.1, 0.15) is 5.82 Å². The molecule has 2 rings (SSSR count). The van der Waals surface area contributed by atoms with Gasteiger partial charge in [0.15, 0.2) is 11.6 Å². The van der Waals surface area contributed by atoms with Crippen LogP contribution in [0.3, 0.4) is 0 Å². The van der Waals surface area contributed by atoms with Crippen molar-refractivity contribution in [2.45, 2.75) is 57.8 Å². The highest BCUT2D eigenvalue weighted by atomic mass is 19.1. The van der Waals surface area contributed by atoms with Crippen molar-refractivity contribution in [3.8, 4) is 0 Å². The summed E-state index contributed by atoms with van der Waals surface area (Å²) in [6.45, 7) is 1.65. The van der Waals surface area contributed by atoms with Crippen LogP contribution in [0.5, 0.6) is 0 Å². The van der Waals surface area contributed by atoms with Crippen molar-refractivity contribution in [1.29, 1.82) is 0 Å². The molecule has 94 valence electrons. The highest BCUT2D eigenvalue weighted by Gasteiger charge is 2.18. The van der Waals surface area contributed by atoms with Crippen LogP contribution in [-0.2, 0) is 0 Å². The van der Waals surface area contributed by atoms with Crippen LogP contribution in [-0.4, -0.2) is 9.97 Å². The van der Waals surface area contributed by atoms with Gasteiger partial charge in [-0.2, -0.15) is 0 Å². The number of nitrogens with zero attached hydrogens (tertiary/aromatic N) is 2. The first-order valence-electron chi connectivity index (χ1n) is 6.48. The molecule has 1 heterocycles. The minimum Gasteiger partial charge on any atom is -0.381 e. The first-order chi connectivity index (χ1) is 8.18. The lowest BCUT2D eigenvalue weighted by Crippen LogP contribution is -2.11. The van der Waals surface area contributed by atoms with Gasteiger partial charge in [0.25, 0.3) is 0 Å². The second kappa shape index (κ2) is 5.43. The molecule has 0 aliphatic heterocycles. The zero-order valence-corrected chi connectivity index (χ0v) is 10.4. The molecule has 0 aromatic carbocycles. The Kier molecular flexibility index (Phi) is 3.92. The predicted molar refractivity (Wildman–Crippen MR) is 66.2 cm³/mol. The fourth-order valence-corrected chi connectivity index (χ4v) is 2.50. The Bertz CT molecular complexity index is 361. The van der Waals surface area contributed by atoms with Crippen molar-refractivity contribution >= 4 is 5.82 Å². The molecule has 0 atom stereocenters. The number of hydrogen-bond acceptors (Lipinski definition) is 3. The molecule has 1 aromatic rings. The van der Waals surface area contributed by atoms with Crippen molar-refractivity contribution in [2.75, 3.05) is 5.73 Å². The third-order valence-corrected chi connectivity index (χ3v) is 3.53. The van der Waals surface area contributed by atoms with Crippen LogP contribution >= 0.6 is 0 Å². The van der Waals surface area contributed by atoms with Gasteiger partial charge in [0, 0.05) is 5.92 Å². The number of halogens is 1. The Morgan fingerprint density at radius 3 is 2.24 bits per heavy atom. The molecule has 1 aliphatic rings. The lowest BCUT2D eigenvalue weighted by Gasteiger charge is -2.19. The van der Waals surface area contributed by atoms with E-state index in [0.29, 0.717) is 11.6 Å². The minimum absolute atomic E-state index is 0.00504. The average Bonchev–Trinajstić information content (AvgIpc) is 2.25.